The summed E-state index contributed by atoms with van der Waals surface area (Å²) in [5.41, 5.74) is 9.29. The lowest BCUT2D eigenvalue weighted by Gasteiger charge is -2.19. The zero-order valence-corrected chi connectivity index (χ0v) is 18.9. The molecule has 0 atom stereocenters. The van der Waals surface area contributed by atoms with Crippen molar-refractivity contribution in [3.8, 4) is 0 Å². The van der Waals surface area contributed by atoms with Gasteiger partial charge in [-0.1, -0.05) is 97.1 Å². The molecule has 4 heteroatoms. The van der Waals surface area contributed by atoms with E-state index in [1.54, 1.807) is 0 Å². The fourth-order valence-electron chi connectivity index (χ4n) is 4.02. The minimum absolute atomic E-state index is 0.0252. The summed E-state index contributed by atoms with van der Waals surface area (Å²) in [6.45, 7) is -0.101. The summed E-state index contributed by atoms with van der Waals surface area (Å²) in [5, 5.41) is 38.1. The first-order valence-corrected chi connectivity index (χ1v) is 11.2. The van der Waals surface area contributed by atoms with Crippen LogP contribution in [0.15, 0.2) is 97.1 Å². The standard InChI is InChI=1S/C30H28O4/c31-17-21-1-9-25(10-2-21)29(26-11-3-22(18-32)4-12-26)30(27-13-5-23(19-33)6-14-27)28-15-7-24(20-34)8-16-28/h1-16,31-34H,17-20H2. The highest BCUT2D eigenvalue weighted by Gasteiger charge is 2.17. The largest absolute Gasteiger partial charge is 0.392 e. The lowest BCUT2D eigenvalue weighted by Crippen LogP contribution is -1.99. The van der Waals surface area contributed by atoms with Gasteiger partial charge in [-0.25, -0.2) is 0 Å². The van der Waals surface area contributed by atoms with E-state index in [4.69, 9.17) is 0 Å². The Labute approximate surface area is 199 Å². The van der Waals surface area contributed by atoms with Crippen molar-refractivity contribution in [2.45, 2.75) is 26.4 Å². The molecule has 172 valence electrons. The predicted molar refractivity (Wildman–Crippen MR) is 134 cm³/mol. The Morgan fingerprint density at radius 3 is 0.647 bits per heavy atom. The number of rotatable bonds is 8. The number of hydrogen-bond acceptors (Lipinski definition) is 4. The molecular weight excluding hydrogens is 424 g/mol. The van der Waals surface area contributed by atoms with E-state index in [9.17, 15) is 20.4 Å². The summed E-state index contributed by atoms with van der Waals surface area (Å²) in [4.78, 5) is 0. The minimum atomic E-state index is -0.0252. The summed E-state index contributed by atoms with van der Waals surface area (Å²) in [5.74, 6) is 0. The summed E-state index contributed by atoms with van der Waals surface area (Å²) in [7, 11) is 0. The van der Waals surface area contributed by atoms with Crippen molar-refractivity contribution < 1.29 is 20.4 Å². The fourth-order valence-corrected chi connectivity index (χ4v) is 4.02. The van der Waals surface area contributed by atoms with E-state index in [1.807, 2.05) is 97.1 Å². The minimum Gasteiger partial charge on any atom is -0.392 e. The van der Waals surface area contributed by atoms with Crippen molar-refractivity contribution in [1.29, 1.82) is 0 Å². The molecule has 0 aliphatic carbocycles. The van der Waals surface area contributed by atoms with E-state index in [0.29, 0.717) is 0 Å². The van der Waals surface area contributed by atoms with Crippen LogP contribution in [-0.2, 0) is 26.4 Å². The third kappa shape index (κ3) is 5.16. The monoisotopic (exact) mass is 452 g/mol. The molecule has 0 unspecified atom stereocenters. The van der Waals surface area contributed by atoms with Crippen LogP contribution in [0.2, 0.25) is 0 Å². The molecule has 0 bridgehead atoms. The summed E-state index contributed by atoms with van der Waals surface area (Å²) in [6.07, 6.45) is 0. The fraction of sp³-hybridized carbons (Fsp3) is 0.133. The van der Waals surface area contributed by atoms with Crippen LogP contribution in [0, 0.1) is 0 Å². The number of aliphatic hydroxyl groups is 4. The third-order valence-electron chi connectivity index (χ3n) is 5.95. The SMILES string of the molecule is OCc1ccc(C(=C(c2ccc(CO)cc2)c2ccc(CO)cc2)c2ccc(CO)cc2)cc1. The van der Waals surface area contributed by atoms with Crippen LogP contribution in [0.5, 0.6) is 0 Å². The Bertz CT molecular complexity index is 1040. The van der Waals surface area contributed by atoms with Crippen LogP contribution in [-0.4, -0.2) is 20.4 Å². The molecule has 0 amide bonds. The van der Waals surface area contributed by atoms with Gasteiger partial charge in [-0.15, -0.1) is 0 Å². The van der Waals surface area contributed by atoms with E-state index >= 15 is 0 Å². The maximum absolute atomic E-state index is 9.53. The number of aliphatic hydroxyl groups excluding tert-OH is 4. The highest BCUT2D eigenvalue weighted by Crippen LogP contribution is 2.37. The molecule has 0 spiro atoms. The van der Waals surface area contributed by atoms with Gasteiger partial charge in [0.15, 0.2) is 0 Å². The van der Waals surface area contributed by atoms with Crippen molar-refractivity contribution in [2.75, 3.05) is 0 Å². The molecule has 4 aromatic rings. The molecule has 0 aliphatic rings. The zero-order chi connectivity index (χ0) is 23.9. The normalized spacial score (nSPS) is 10.8. The van der Waals surface area contributed by atoms with Gasteiger partial charge in [0.1, 0.15) is 0 Å². The molecule has 34 heavy (non-hydrogen) atoms. The predicted octanol–water partition coefficient (Wildman–Crippen LogP) is 4.66. The topological polar surface area (TPSA) is 80.9 Å². The molecule has 0 aromatic heterocycles. The lowest BCUT2D eigenvalue weighted by atomic mass is 9.85. The van der Waals surface area contributed by atoms with Gasteiger partial charge in [-0.05, 0) is 55.7 Å². The van der Waals surface area contributed by atoms with Gasteiger partial charge in [0, 0.05) is 0 Å². The summed E-state index contributed by atoms with van der Waals surface area (Å²) >= 11 is 0. The van der Waals surface area contributed by atoms with Gasteiger partial charge in [0.05, 0.1) is 26.4 Å². The summed E-state index contributed by atoms with van der Waals surface area (Å²) < 4.78 is 0. The lowest BCUT2D eigenvalue weighted by molar-refractivity contribution is 0.281. The average Bonchev–Trinajstić information content (AvgIpc) is 2.92. The third-order valence-corrected chi connectivity index (χ3v) is 5.95. The van der Waals surface area contributed by atoms with Crippen LogP contribution in [0.3, 0.4) is 0 Å². The molecule has 4 N–H and O–H groups in total. The van der Waals surface area contributed by atoms with Crippen LogP contribution in [0.4, 0.5) is 0 Å². The van der Waals surface area contributed by atoms with Gasteiger partial charge in [-0.3, -0.25) is 0 Å². The van der Waals surface area contributed by atoms with Crippen molar-refractivity contribution >= 4 is 11.1 Å². The Balaban J connectivity index is 2.02. The first kappa shape index (κ1) is 23.6. The van der Waals surface area contributed by atoms with E-state index in [1.165, 1.54) is 0 Å². The molecule has 0 fully saturated rings. The van der Waals surface area contributed by atoms with Crippen molar-refractivity contribution in [2.24, 2.45) is 0 Å². The van der Waals surface area contributed by atoms with Crippen LogP contribution in [0.25, 0.3) is 11.1 Å². The van der Waals surface area contributed by atoms with Gasteiger partial charge < -0.3 is 20.4 Å². The molecule has 0 heterocycles. The first-order chi connectivity index (χ1) is 16.7. The highest BCUT2D eigenvalue weighted by molar-refractivity contribution is 6.04. The molecule has 0 saturated heterocycles. The van der Waals surface area contributed by atoms with Crippen LogP contribution < -0.4 is 0 Å². The van der Waals surface area contributed by atoms with Gasteiger partial charge in [-0.2, -0.15) is 0 Å². The van der Waals surface area contributed by atoms with E-state index in [-0.39, 0.29) is 26.4 Å². The number of hydrogen-bond donors (Lipinski definition) is 4. The Hall–Kier alpha value is -3.54. The molecule has 4 rings (SSSR count). The van der Waals surface area contributed by atoms with E-state index in [0.717, 1.165) is 55.7 Å². The second kappa shape index (κ2) is 11.1. The molecular formula is C30H28O4. The molecule has 0 radical (unpaired) electrons. The van der Waals surface area contributed by atoms with E-state index in [2.05, 4.69) is 0 Å². The molecule has 0 saturated carbocycles. The first-order valence-electron chi connectivity index (χ1n) is 11.2. The molecule has 4 nitrogen and oxygen atoms in total. The van der Waals surface area contributed by atoms with Gasteiger partial charge >= 0.3 is 0 Å². The zero-order valence-electron chi connectivity index (χ0n) is 18.9. The Morgan fingerprint density at radius 2 is 0.500 bits per heavy atom. The Kier molecular flexibility index (Phi) is 7.68. The molecule has 0 aliphatic heterocycles. The van der Waals surface area contributed by atoms with Crippen molar-refractivity contribution in [3.63, 3.8) is 0 Å². The van der Waals surface area contributed by atoms with Crippen LogP contribution in [0.1, 0.15) is 44.5 Å². The van der Waals surface area contributed by atoms with Crippen molar-refractivity contribution in [1.82, 2.24) is 0 Å². The maximum Gasteiger partial charge on any atom is 0.0681 e. The van der Waals surface area contributed by atoms with E-state index < -0.39 is 0 Å². The second-order valence-corrected chi connectivity index (χ2v) is 8.17. The highest BCUT2D eigenvalue weighted by atomic mass is 16.3. The average molecular weight is 453 g/mol. The quantitative estimate of drug-likeness (QED) is 0.293. The van der Waals surface area contributed by atoms with Crippen molar-refractivity contribution in [3.05, 3.63) is 142 Å². The smallest absolute Gasteiger partial charge is 0.0681 e. The van der Waals surface area contributed by atoms with Crippen LogP contribution >= 0.6 is 0 Å². The maximum atomic E-state index is 9.53. The number of benzene rings is 4. The Morgan fingerprint density at radius 1 is 0.324 bits per heavy atom. The summed E-state index contributed by atoms with van der Waals surface area (Å²) in [6, 6.07) is 31.4. The van der Waals surface area contributed by atoms with Gasteiger partial charge in [0.2, 0.25) is 0 Å². The molecule has 4 aromatic carbocycles. The second-order valence-electron chi connectivity index (χ2n) is 8.17. The van der Waals surface area contributed by atoms with Gasteiger partial charge in [0.25, 0.3) is 0 Å².